The van der Waals surface area contributed by atoms with Gasteiger partial charge < -0.3 is 29.3 Å². The Balaban J connectivity index is 0.00000280. The van der Waals surface area contributed by atoms with Gasteiger partial charge >= 0.3 is 0 Å². The molecule has 9 heteroatoms. The predicted octanol–water partition coefficient (Wildman–Crippen LogP) is 1.29. The van der Waals surface area contributed by atoms with Crippen molar-refractivity contribution in [1.29, 1.82) is 0 Å². The number of likely N-dealkylation sites (N-methyl/N-ethyl adjacent to an activating group) is 1. The first kappa shape index (κ1) is 23.6. The van der Waals surface area contributed by atoms with Crippen LogP contribution in [0, 0.1) is 5.92 Å². The molecule has 3 heterocycles. The highest BCUT2D eigenvalue weighted by Gasteiger charge is 2.42. The van der Waals surface area contributed by atoms with Crippen molar-refractivity contribution in [1.82, 2.24) is 15.1 Å². The average Bonchev–Trinajstić information content (AvgIpc) is 3.34. The van der Waals surface area contributed by atoms with E-state index < -0.39 is 5.79 Å². The maximum atomic E-state index is 12.0. The molecular formula is C19H35IN4O4. The Labute approximate surface area is 185 Å². The Morgan fingerprint density at radius 1 is 1.21 bits per heavy atom. The molecule has 3 saturated heterocycles. The molecule has 2 atom stereocenters. The van der Waals surface area contributed by atoms with Crippen LogP contribution in [0.4, 0.5) is 0 Å². The number of hydrogen-bond donors (Lipinski definition) is 1. The van der Waals surface area contributed by atoms with Gasteiger partial charge in [-0.1, -0.05) is 0 Å². The lowest BCUT2D eigenvalue weighted by Crippen LogP contribution is -2.53. The van der Waals surface area contributed by atoms with Gasteiger partial charge in [-0.2, -0.15) is 0 Å². The maximum absolute atomic E-state index is 12.0. The summed E-state index contributed by atoms with van der Waals surface area (Å²) in [6.45, 7) is 6.78. The third-order valence-corrected chi connectivity index (χ3v) is 5.70. The van der Waals surface area contributed by atoms with E-state index in [0.717, 1.165) is 57.9 Å². The Hall–Kier alpha value is -0.650. The summed E-state index contributed by atoms with van der Waals surface area (Å²) in [4.78, 5) is 20.4. The quantitative estimate of drug-likeness (QED) is 0.342. The van der Waals surface area contributed by atoms with Gasteiger partial charge in [-0.15, -0.1) is 24.0 Å². The van der Waals surface area contributed by atoms with Gasteiger partial charge in [-0.05, 0) is 32.6 Å². The van der Waals surface area contributed by atoms with Gasteiger partial charge in [0.05, 0.1) is 19.3 Å². The lowest BCUT2D eigenvalue weighted by atomic mass is 9.90. The van der Waals surface area contributed by atoms with Gasteiger partial charge in [-0.3, -0.25) is 4.79 Å². The summed E-state index contributed by atoms with van der Waals surface area (Å²) in [6, 6.07) is 0. The molecule has 0 aliphatic carbocycles. The number of nitrogens with zero attached hydrogens (tertiary/aromatic N) is 3. The van der Waals surface area contributed by atoms with Crippen molar-refractivity contribution in [3.05, 3.63) is 0 Å². The van der Waals surface area contributed by atoms with Crippen molar-refractivity contribution in [2.75, 3.05) is 60.1 Å². The fraction of sp³-hybridized carbons (Fsp3) is 0.895. The number of likely N-dealkylation sites (tertiary alicyclic amines) is 1. The zero-order chi connectivity index (χ0) is 19.3. The smallest absolute Gasteiger partial charge is 0.243 e. The Kier molecular flexibility index (Phi) is 9.23. The van der Waals surface area contributed by atoms with E-state index in [1.54, 1.807) is 19.0 Å². The number of aliphatic imine (C=N–C) groups is 1. The summed E-state index contributed by atoms with van der Waals surface area (Å²) in [5.74, 6) is 0.548. The molecule has 162 valence electrons. The first-order chi connectivity index (χ1) is 13.0. The number of ether oxygens (including phenoxy) is 3. The largest absolute Gasteiger partial charge is 0.376 e. The van der Waals surface area contributed by atoms with Crippen LogP contribution >= 0.6 is 24.0 Å². The normalized spacial score (nSPS) is 27.4. The van der Waals surface area contributed by atoms with Gasteiger partial charge in [0.25, 0.3) is 0 Å². The number of carbonyl (C=O) groups excluding carboxylic acids is 1. The standard InChI is InChI=1S/C19H34N4O4.HI/c1-19(26-10-11-27-19)15-6-4-8-23(14-15)18(21-13-17(24)22(2)3)20-12-16-7-5-9-25-16;/h15-16H,4-14H2,1-3H3,(H,20,21);1H. The second-order valence-corrected chi connectivity index (χ2v) is 7.94. The van der Waals surface area contributed by atoms with Crippen molar-refractivity contribution in [2.45, 2.75) is 44.5 Å². The fourth-order valence-corrected chi connectivity index (χ4v) is 3.93. The van der Waals surface area contributed by atoms with Crippen LogP contribution in [0.15, 0.2) is 4.99 Å². The van der Waals surface area contributed by atoms with Crippen LogP contribution in [0.5, 0.6) is 0 Å². The van der Waals surface area contributed by atoms with Gasteiger partial charge in [0, 0.05) is 46.3 Å². The summed E-state index contributed by atoms with van der Waals surface area (Å²) in [5.41, 5.74) is 0. The zero-order valence-electron chi connectivity index (χ0n) is 17.3. The maximum Gasteiger partial charge on any atom is 0.243 e. The predicted molar refractivity (Wildman–Crippen MR) is 118 cm³/mol. The van der Waals surface area contributed by atoms with E-state index in [0.29, 0.717) is 13.2 Å². The van der Waals surface area contributed by atoms with Crippen molar-refractivity contribution in [3.8, 4) is 0 Å². The highest BCUT2D eigenvalue weighted by Crippen LogP contribution is 2.34. The lowest BCUT2D eigenvalue weighted by Gasteiger charge is -2.41. The molecule has 3 aliphatic heterocycles. The summed E-state index contributed by atoms with van der Waals surface area (Å²) in [5, 5.41) is 3.45. The van der Waals surface area contributed by atoms with E-state index >= 15 is 0 Å². The highest BCUT2D eigenvalue weighted by molar-refractivity contribution is 14.0. The number of amides is 1. The number of hydrogen-bond acceptors (Lipinski definition) is 5. The number of piperidine rings is 1. The molecule has 0 saturated carbocycles. The molecule has 8 nitrogen and oxygen atoms in total. The summed E-state index contributed by atoms with van der Waals surface area (Å²) in [6.07, 6.45) is 4.52. The minimum atomic E-state index is -0.516. The second-order valence-electron chi connectivity index (χ2n) is 7.94. The molecule has 3 fully saturated rings. The number of halogens is 1. The Bertz CT molecular complexity index is 534. The molecule has 0 aromatic heterocycles. The van der Waals surface area contributed by atoms with Crippen molar-refractivity contribution in [3.63, 3.8) is 0 Å². The molecule has 0 aromatic rings. The van der Waals surface area contributed by atoms with Crippen LogP contribution in [0.2, 0.25) is 0 Å². The second kappa shape index (κ2) is 10.9. The summed E-state index contributed by atoms with van der Waals surface area (Å²) < 4.78 is 17.5. The van der Waals surface area contributed by atoms with Crippen LogP contribution < -0.4 is 5.32 Å². The highest BCUT2D eigenvalue weighted by atomic mass is 127. The third-order valence-electron chi connectivity index (χ3n) is 5.70. The fourth-order valence-electron chi connectivity index (χ4n) is 3.93. The minimum absolute atomic E-state index is 0. The molecule has 0 bridgehead atoms. The number of nitrogens with one attached hydrogen (secondary N) is 1. The molecular weight excluding hydrogens is 475 g/mol. The number of rotatable bonds is 5. The van der Waals surface area contributed by atoms with E-state index in [-0.39, 0.29) is 48.5 Å². The summed E-state index contributed by atoms with van der Waals surface area (Å²) >= 11 is 0. The monoisotopic (exact) mass is 510 g/mol. The third kappa shape index (κ3) is 6.17. The SMILES string of the molecule is CN(C)C(=O)CN=C(NCC1CCCO1)N1CCCC(C2(C)OCCO2)C1.I. The average molecular weight is 510 g/mol. The van der Waals surface area contributed by atoms with E-state index in [1.165, 1.54) is 0 Å². The molecule has 3 rings (SSSR count). The van der Waals surface area contributed by atoms with Gasteiger partial charge in [-0.25, -0.2) is 4.99 Å². The Morgan fingerprint density at radius 2 is 1.96 bits per heavy atom. The molecule has 0 aromatic carbocycles. The topological polar surface area (TPSA) is 75.6 Å². The van der Waals surface area contributed by atoms with Gasteiger partial charge in [0.15, 0.2) is 11.7 Å². The zero-order valence-corrected chi connectivity index (χ0v) is 19.6. The molecule has 2 unspecified atom stereocenters. The number of guanidine groups is 1. The molecule has 0 radical (unpaired) electrons. The lowest BCUT2D eigenvalue weighted by molar-refractivity contribution is -0.189. The van der Waals surface area contributed by atoms with E-state index in [1.807, 2.05) is 6.92 Å². The molecule has 0 spiro atoms. The van der Waals surface area contributed by atoms with Gasteiger partial charge in [0.1, 0.15) is 6.54 Å². The van der Waals surface area contributed by atoms with Crippen molar-refractivity contribution < 1.29 is 19.0 Å². The summed E-state index contributed by atoms with van der Waals surface area (Å²) in [7, 11) is 3.51. The van der Waals surface area contributed by atoms with Crippen LogP contribution in [-0.4, -0.2) is 93.7 Å². The van der Waals surface area contributed by atoms with Gasteiger partial charge in [0.2, 0.25) is 5.91 Å². The molecule has 1 N–H and O–H groups in total. The minimum Gasteiger partial charge on any atom is -0.376 e. The number of carbonyl (C=O) groups is 1. The molecule has 3 aliphatic rings. The van der Waals surface area contributed by atoms with E-state index in [4.69, 9.17) is 14.2 Å². The van der Waals surface area contributed by atoms with Crippen LogP contribution in [0.3, 0.4) is 0 Å². The van der Waals surface area contributed by atoms with E-state index in [9.17, 15) is 4.79 Å². The molecule has 28 heavy (non-hydrogen) atoms. The molecule has 1 amide bonds. The van der Waals surface area contributed by atoms with Crippen molar-refractivity contribution >= 4 is 35.8 Å². The first-order valence-electron chi connectivity index (χ1n) is 10.1. The first-order valence-corrected chi connectivity index (χ1v) is 10.1. The van der Waals surface area contributed by atoms with E-state index in [2.05, 4.69) is 15.2 Å². The van der Waals surface area contributed by atoms with Crippen LogP contribution in [0.1, 0.15) is 32.6 Å². The Morgan fingerprint density at radius 3 is 2.61 bits per heavy atom. The van der Waals surface area contributed by atoms with Crippen molar-refractivity contribution in [2.24, 2.45) is 10.9 Å². The van der Waals surface area contributed by atoms with Crippen LogP contribution in [-0.2, 0) is 19.0 Å². The van der Waals surface area contributed by atoms with Crippen LogP contribution in [0.25, 0.3) is 0 Å².